The molecule has 1 aliphatic carbocycles. The highest BCUT2D eigenvalue weighted by Gasteiger charge is 2.34. The Bertz CT molecular complexity index is 1110. The first kappa shape index (κ1) is 28.3. The molecular formula is C26H30F6N4OS. The van der Waals surface area contributed by atoms with E-state index in [0.29, 0.717) is 42.5 Å². The summed E-state index contributed by atoms with van der Waals surface area (Å²) < 4.78 is 84.4. The zero-order valence-corrected chi connectivity index (χ0v) is 21.4. The van der Waals surface area contributed by atoms with Crippen LogP contribution in [0.25, 0.3) is 0 Å². The summed E-state index contributed by atoms with van der Waals surface area (Å²) in [6, 6.07) is 9.24. The average molecular weight is 561 g/mol. The number of benzene rings is 2. The predicted molar refractivity (Wildman–Crippen MR) is 139 cm³/mol. The number of nitrogens with one attached hydrogen (secondary N) is 1. The van der Waals surface area contributed by atoms with Crippen LogP contribution in [0.2, 0.25) is 0 Å². The van der Waals surface area contributed by atoms with Crippen molar-refractivity contribution in [1.82, 2.24) is 4.90 Å². The third kappa shape index (κ3) is 7.22. The number of halogens is 6. The molecule has 0 radical (unpaired) electrons. The van der Waals surface area contributed by atoms with E-state index in [2.05, 4.69) is 5.32 Å². The number of hydrogen-bond donors (Lipinski definition) is 2. The summed E-state index contributed by atoms with van der Waals surface area (Å²) in [5.41, 5.74) is 4.60. The lowest BCUT2D eigenvalue weighted by atomic mass is 9.92. The van der Waals surface area contributed by atoms with Crippen LogP contribution in [0.15, 0.2) is 42.5 Å². The van der Waals surface area contributed by atoms with Crippen molar-refractivity contribution in [3.8, 4) is 0 Å². The molecule has 208 valence electrons. The number of nitrogen functional groups attached to an aromatic ring is 1. The minimum Gasteiger partial charge on any atom is -0.398 e. The Morgan fingerprint density at radius 2 is 1.61 bits per heavy atom. The molecule has 3 N–H and O–H groups in total. The van der Waals surface area contributed by atoms with Gasteiger partial charge < -0.3 is 25.6 Å². The van der Waals surface area contributed by atoms with Crippen molar-refractivity contribution in [2.75, 3.05) is 48.7 Å². The lowest BCUT2D eigenvalue weighted by Crippen LogP contribution is -2.49. The molecule has 1 saturated heterocycles. The summed E-state index contributed by atoms with van der Waals surface area (Å²) in [7, 11) is 0. The summed E-state index contributed by atoms with van der Waals surface area (Å²) in [6.45, 7) is 2.58. The van der Waals surface area contributed by atoms with Gasteiger partial charge in [-0.05, 0) is 62.1 Å². The van der Waals surface area contributed by atoms with Gasteiger partial charge in [0.1, 0.15) is 4.99 Å². The monoisotopic (exact) mass is 560 g/mol. The highest BCUT2D eigenvalue weighted by Crippen LogP contribution is 2.36. The molecule has 0 spiro atoms. The first-order chi connectivity index (χ1) is 17.9. The first-order valence-corrected chi connectivity index (χ1v) is 12.9. The van der Waals surface area contributed by atoms with Crippen LogP contribution >= 0.6 is 12.2 Å². The Labute approximate surface area is 222 Å². The molecule has 1 heterocycles. The second-order valence-corrected chi connectivity index (χ2v) is 10.1. The van der Waals surface area contributed by atoms with E-state index in [1.807, 2.05) is 9.80 Å². The van der Waals surface area contributed by atoms with Crippen LogP contribution in [-0.4, -0.2) is 54.8 Å². The van der Waals surface area contributed by atoms with Crippen molar-refractivity contribution < 1.29 is 31.1 Å². The quantitative estimate of drug-likeness (QED) is 0.250. The molecule has 0 atom stereocenters. The Morgan fingerprint density at radius 3 is 2.24 bits per heavy atom. The van der Waals surface area contributed by atoms with Crippen molar-refractivity contribution in [3.63, 3.8) is 0 Å². The van der Waals surface area contributed by atoms with Crippen molar-refractivity contribution in [1.29, 1.82) is 0 Å². The second-order valence-electron chi connectivity index (χ2n) is 9.64. The van der Waals surface area contributed by atoms with Gasteiger partial charge in [0.25, 0.3) is 0 Å². The van der Waals surface area contributed by atoms with Crippen molar-refractivity contribution in [2.24, 2.45) is 0 Å². The largest absolute Gasteiger partial charge is 0.418 e. The standard InChI is InChI=1S/C26H30F6N4OS/c27-25(28,29)17-2-1-3-20(14-17)35-10-12-36(13-11-35)24(38)16-37-21-7-4-18(5-8-21)34-19-6-9-23(33)22(15-19)26(30,31)32/h1-3,6,9,14-15,18,21,34H,4-5,7-8,10-13,16,33H2. The lowest BCUT2D eigenvalue weighted by Gasteiger charge is -2.38. The van der Waals surface area contributed by atoms with Crippen molar-refractivity contribution >= 4 is 34.3 Å². The maximum Gasteiger partial charge on any atom is 0.418 e. The van der Waals surface area contributed by atoms with Crippen LogP contribution in [0, 0.1) is 0 Å². The number of nitrogens with two attached hydrogens (primary N) is 1. The first-order valence-electron chi connectivity index (χ1n) is 12.4. The SMILES string of the molecule is Nc1ccc(NC2CCC(OCC(=S)N3CCN(c4cccc(C(F)(F)F)c4)CC3)CC2)cc1C(F)(F)F. The van der Waals surface area contributed by atoms with Gasteiger partial charge in [-0.25, -0.2) is 0 Å². The van der Waals surface area contributed by atoms with Crippen LogP contribution in [0.1, 0.15) is 36.8 Å². The number of hydrogen-bond acceptors (Lipinski definition) is 5. The molecule has 5 nitrogen and oxygen atoms in total. The van der Waals surface area contributed by atoms with Gasteiger partial charge in [-0.15, -0.1) is 0 Å². The topological polar surface area (TPSA) is 53.8 Å². The van der Waals surface area contributed by atoms with Crippen molar-refractivity contribution in [3.05, 3.63) is 53.6 Å². The minimum atomic E-state index is -4.50. The van der Waals surface area contributed by atoms with E-state index in [9.17, 15) is 26.3 Å². The van der Waals surface area contributed by atoms with E-state index in [1.54, 1.807) is 12.1 Å². The number of thiocarbonyl (C=S) groups is 1. The molecule has 0 bridgehead atoms. The molecule has 0 unspecified atom stereocenters. The van der Waals surface area contributed by atoms with Crippen LogP contribution in [0.5, 0.6) is 0 Å². The fourth-order valence-electron chi connectivity index (χ4n) is 4.87. The maximum atomic E-state index is 13.1. The van der Waals surface area contributed by atoms with E-state index in [1.165, 1.54) is 18.2 Å². The third-order valence-corrected chi connectivity index (χ3v) is 7.39. The lowest BCUT2D eigenvalue weighted by molar-refractivity contribution is -0.138. The van der Waals surface area contributed by atoms with Crippen LogP contribution in [0.3, 0.4) is 0 Å². The Hall–Kier alpha value is -2.73. The molecular weight excluding hydrogens is 530 g/mol. The molecule has 2 fully saturated rings. The highest BCUT2D eigenvalue weighted by molar-refractivity contribution is 7.80. The molecule has 2 aliphatic rings. The van der Waals surface area contributed by atoms with Gasteiger partial charge in [0, 0.05) is 49.3 Å². The van der Waals surface area contributed by atoms with E-state index in [4.69, 9.17) is 22.7 Å². The number of alkyl halides is 6. The van der Waals surface area contributed by atoms with Gasteiger partial charge >= 0.3 is 12.4 Å². The molecule has 0 amide bonds. The molecule has 1 saturated carbocycles. The van der Waals surface area contributed by atoms with E-state index < -0.39 is 23.5 Å². The number of ether oxygens (including phenoxy) is 1. The van der Waals surface area contributed by atoms with Crippen molar-refractivity contribution in [2.45, 2.75) is 50.2 Å². The average Bonchev–Trinajstić information content (AvgIpc) is 2.88. The van der Waals surface area contributed by atoms with Crippen LogP contribution < -0.4 is 16.0 Å². The van der Waals surface area contributed by atoms with Gasteiger partial charge in [0.05, 0.1) is 23.8 Å². The number of rotatable bonds is 6. The van der Waals surface area contributed by atoms with E-state index in [0.717, 1.165) is 37.8 Å². The fraction of sp³-hybridized carbons (Fsp3) is 0.500. The van der Waals surface area contributed by atoms with Gasteiger partial charge in [-0.2, -0.15) is 26.3 Å². The molecule has 38 heavy (non-hydrogen) atoms. The smallest absolute Gasteiger partial charge is 0.398 e. The summed E-state index contributed by atoms with van der Waals surface area (Å²) >= 11 is 5.55. The van der Waals surface area contributed by atoms with Crippen LogP contribution in [0.4, 0.5) is 43.4 Å². The van der Waals surface area contributed by atoms with E-state index >= 15 is 0 Å². The highest BCUT2D eigenvalue weighted by atomic mass is 32.1. The zero-order chi connectivity index (χ0) is 27.5. The predicted octanol–water partition coefficient (Wildman–Crippen LogP) is 6.20. The van der Waals surface area contributed by atoms with Gasteiger partial charge in [-0.3, -0.25) is 0 Å². The number of nitrogens with zero attached hydrogens (tertiary/aromatic N) is 2. The number of piperazine rings is 1. The molecule has 2 aromatic carbocycles. The minimum absolute atomic E-state index is 0.00884. The Morgan fingerprint density at radius 1 is 0.921 bits per heavy atom. The van der Waals surface area contributed by atoms with Gasteiger partial charge in [0.2, 0.25) is 0 Å². The molecule has 2 aromatic rings. The van der Waals surface area contributed by atoms with Gasteiger partial charge in [0.15, 0.2) is 0 Å². The Kier molecular flexibility index (Phi) is 8.61. The zero-order valence-electron chi connectivity index (χ0n) is 20.6. The molecule has 4 rings (SSSR count). The van der Waals surface area contributed by atoms with Crippen LogP contribution in [-0.2, 0) is 17.1 Å². The summed E-state index contributed by atoms with van der Waals surface area (Å²) in [6.07, 6.45) is -5.86. The third-order valence-electron chi connectivity index (χ3n) is 7.02. The molecule has 1 aliphatic heterocycles. The maximum absolute atomic E-state index is 13.1. The summed E-state index contributed by atoms with van der Waals surface area (Å²) in [5, 5.41) is 3.17. The van der Waals surface area contributed by atoms with Gasteiger partial charge in [-0.1, -0.05) is 18.3 Å². The normalized spacial score (nSPS) is 20.9. The number of anilines is 3. The molecule has 0 aromatic heterocycles. The fourth-order valence-corrected chi connectivity index (χ4v) is 5.13. The second kappa shape index (κ2) is 11.6. The summed E-state index contributed by atoms with van der Waals surface area (Å²) in [4.78, 5) is 4.60. The Balaban J connectivity index is 1.19. The molecule has 12 heteroatoms. The summed E-state index contributed by atoms with van der Waals surface area (Å²) in [5.74, 6) is 0. The van der Waals surface area contributed by atoms with E-state index in [-0.39, 0.29) is 24.4 Å².